The number of rotatable bonds is 9. The van der Waals surface area contributed by atoms with Gasteiger partial charge in [0.05, 0.1) is 18.1 Å². The number of hydrogen-bond donors (Lipinski definition) is 1. The summed E-state index contributed by atoms with van der Waals surface area (Å²) in [5, 5.41) is 5.76. The molecule has 0 radical (unpaired) electrons. The van der Waals surface area contributed by atoms with Gasteiger partial charge in [-0.25, -0.2) is 0 Å². The Hall–Kier alpha value is -2.81. The molecule has 0 spiro atoms. The van der Waals surface area contributed by atoms with Crippen molar-refractivity contribution < 1.29 is 28.4 Å². The topological polar surface area (TPSA) is 108 Å². The Labute approximate surface area is 166 Å². The maximum Gasteiger partial charge on any atom is 0.316 e. The van der Waals surface area contributed by atoms with Crippen LogP contribution in [0.15, 0.2) is 34.9 Å². The van der Waals surface area contributed by atoms with Gasteiger partial charge in [0, 0.05) is 11.6 Å². The lowest BCUT2D eigenvalue weighted by molar-refractivity contribution is -0.143. The van der Waals surface area contributed by atoms with Crippen LogP contribution in [0.25, 0.3) is 0 Å². The summed E-state index contributed by atoms with van der Waals surface area (Å²) in [6.07, 6.45) is -0.927. The molecule has 28 heavy (non-hydrogen) atoms. The van der Waals surface area contributed by atoms with E-state index in [9.17, 15) is 14.4 Å². The fraction of sp³-hybridized carbons (Fsp3) is 0.368. The lowest BCUT2D eigenvalue weighted by Gasteiger charge is -2.14. The molecule has 1 aromatic carbocycles. The molecule has 1 aromatic heterocycles. The fourth-order valence-corrected chi connectivity index (χ4v) is 2.86. The van der Waals surface area contributed by atoms with Crippen molar-refractivity contribution in [3.8, 4) is 5.75 Å². The monoisotopic (exact) mass is 406 g/mol. The number of carbonyl (C=O) groups is 3. The number of nitrogens with one attached hydrogen (secondary N) is 1. The largest absolute Gasteiger partial charge is 0.497 e. The van der Waals surface area contributed by atoms with E-state index in [-0.39, 0.29) is 17.4 Å². The molecule has 8 nitrogen and oxygen atoms in total. The quantitative estimate of drug-likeness (QED) is 0.500. The summed E-state index contributed by atoms with van der Waals surface area (Å²) < 4.78 is 15.1. The molecule has 2 aromatic rings. The number of ketones is 1. The van der Waals surface area contributed by atoms with Gasteiger partial charge in [0.1, 0.15) is 11.5 Å². The molecule has 0 unspecified atom stereocenters. The van der Waals surface area contributed by atoms with Crippen LogP contribution in [-0.2, 0) is 14.3 Å². The molecule has 0 saturated heterocycles. The highest BCUT2D eigenvalue weighted by atomic mass is 32.2. The predicted molar refractivity (Wildman–Crippen MR) is 105 cm³/mol. The number of nitrogens with zero attached hydrogens (tertiary/aromatic N) is 1. The number of anilines is 1. The van der Waals surface area contributed by atoms with E-state index in [0.29, 0.717) is 22.9 Å². The van der Waals surface area contributed by atoms with Crippen LogP contribution < -0.4 is 10.1 Å². The summed E-state index contributed by atoms with van der Waals surface area (Å²) >= 11 is 1.10. The number of esters is 1. The van der Waals surface area contributed by atoms with Gasteiger partial charge in [-0.05, 0) is 45.0 Å². The second-order valence-corrected chi connectivity index (χ2v) is 7.32. The summed E-state index contributed by atoms with van der Waals surface area (Å²) in [6.45, 7) is 4.88. The van der Waals surface area contributed by atoms with Gasteiger partial charge >= 0.3 is 5.97 Å². The van der Waals surface area contributed by atoms with E-state index >= 15 is 0 Å². The number of thioether (sulfide) groups is 1. The zero-order valence-electron chi connectivity index (χ0n) is 16.1. The maximum absolute atomic E-state index is 12.3. The number of ether oxygens (including phenoxy) is 2. The van der Waals surface area contributed by atoms with Crippen LogP contribution in [0.3, 0.4) is 0 Å². The Balaban J connectivity index is 1.78. The molecule has 1 amide bonds. The molecule has 1 heterocycles. The molecular weight excluding hydrogens is 384 g/mol. The summed E-state index contributed by atoms with van der Waals surface area (Å²) in [5.74, 6) is 0.265. The number of benzene rings is 1. The van der Waals surface area contributed by atoms with Crippen molar-refractivity contribution in [3.05, 3.63) is 41.7 Å². The number of aryl methyl sites for hydroxylation is 1. The zero-order chi connectivity index (χ0) is 20.7. The number of aromatic nitrogens is 1. The molecule has 2 rings (SSSR count). The van der Waals surface area contributed by atoms with Gasteiger partial charge in [0.15, 0.2) is 11.9 Å². The van der Waals surface area contributed by atoms with Gasteiger partial charge in [-0.3, -0.25) is 14.4 Å². The summed E-state index contributed by atoms with van der Waals surface area (Å²) in [4.78, 5) is 36.4. The van der Waals surface area contributed by atoms with Gasteiger partial charge in [0.25, 0.3) is 0 Å². The second kappa shape index (κ2) is 9.93. The Morgan fingerprint density at radius 2 is 1.89 bits per heavy atom. The average Bonchev–Trinajstić information content (AvgIpc) is 3.10. The number of amides is 1. The van der Waals surface area contributed by atoms with Gasteiger partial charge < -0.3 is 19.3 Å². The fourth-order valence-electron chi connectivity index (χ4n) is 2.20. The Morgan fingerprint density at radius 3 is 2.46 bits per heavy atom. The molecule has 9 heteroatoms. The maximum atomic E-state index is 12.3. The van der Waals surface area contributed by atoms with Crippen molar-refractivity contribution in [1.82, 2.24) is 5.16 Å². The molecular formula is C19H22N2O6S. The molecule has 0 saturated carbocycles. The predicted octanol–water partition coefficient (Wildman–Crippen LogP) is 2.87. The molecule has 150 valence electrons. The van der Waals surface area contributed by atoms with Crippen molar-refractivity contribution in [3.63, 3.8) is 0 Å². The first-order valence-electron chi connectivity index (χ1n) is 8.53. The third-order valence-corrected chi connectivity index (χ3v) is 4.87. The smallest absolute Gasteiger partial charge is 0.316 e. The average molecular weight is 406 g/mol. The van der Waals surface area contributed by atoms with E-state index in [2.05, 4.69) is 10.5 Å². The highest BCUT2D eigenvalue weighted by Gasteiger charge is 2.22. The van der Waals surface area contributed by atoms with E-state index in [1.54, 1.807) is 44.2 Å². The SMILES string of the molecule is COc1ccc(C(=O)[C@@H](C)OC(=O)CS[C@H](C)C(=O)Nc2cc(C)on2)cc1. The lowest BCUT2D eigenvalue weighted by Crippen LogP contribution is -2.27. The minimum atomic E-state index is -0.927. The summed E-state index contributed by atoms with van der Waals surface area (Å²) in [5.41, 5.74) is 0.421. The molecule has 0 bridgehead atoms. The molecule has 2 atom stereocenters. The van der Waals surface area contributed by atoms with Crippen molar-refractivity contribution in [2.24, 2.45) is 0 Å². The highest BCUT2D eigenvalue weighted by molar-refractivity contribution is 8.01. The van der Waals surface area contributed by atoms with Crippen LogP contribution in [0.4, 0.5) is 5.82 Å². The molecule has 0 aliphatic heterocycles. The van der Waals surface area contributed by atoms with E-state index in [0.717, 1.165) is 11.8 Å². The van der Waals surface area contributed by atoms with Gasteiger partial charge in [-0.2, -0.15) is 0 Å². The van der Waals surface area contributed by atoms with Gasteiger partial charge in [-0.1, -0.05) is 5.16 Å². The zero-order valence-corrected chi connectivity index (χ0v) is 16.9. The summed E-state index contributed by atoms with van der Waals surface area (Å²) in [7, 11) is 1.53. The minimum absolute atomic E-state index is 0.0628. The Morgan fingerprint density at radius 1 is 1.21 bits per heavy atom. The van der Waals surface area contributed by atoms with Crippen molar-refractivity contribution in [1.29, 1.82) is 0 Å². The van der Waals surface area contributed by atoms with E-state index in [1.165, 1.54) is 14.0 Å². The molecule has 1 N–H and O–H groups in total. The Kier molecular flexibility index (Phi) is 7.62. The first-order chi connectivity index (χ1) is 13.3. The van der Waals surface area contributed by atoms with Gasteiger partial charge in [-0.15, -0.1) is 11.8 Å². The summed E-state index contributed by atoms with van der Waals surface area (Å²) in [6, 6.07) is 8.13. The van der Waals surface area contributed by atoms with Gasteiger partial charge in [0.2, 0.25) is 11.7 Å². The standard InChI is InChI=1S/C19H22N2O6S/c1-11-9-16(21-27-11)20-19(24)13(3)28-10-17(22)26-12(2)18(23)14-5-7-15(25-4)8-6-14/h5-9,12-13H,10H2,1-4H3,(H,20,21,24)/t12-,13-/m1/s1. The third-order valence-electron chi connectivity index (χ3n) is 3.75. The molecule has 0 aliphatic rings. The van der Waals surface area contributed by atoms with E-state index < -0.39 is 17.3 Å². The van der Waals surface area contributed by atoms with Crippen LogP contribution >= 0.6 is 11.8 Å². The van der Waals surface area contributed by atoms with Crippen molar-refractivity contribution in [2.45, 2.75) is 32.1 Å². The lowest BCUT2D eigenvalue weighted by atomic mass is 10.1. The first-order valence-corrected chi connectivity index (χ1v) is 9.58. The second-order valence-electron chi connectivity index (χ2n) is 5.99. The molecule has 0 aliphatic carbocycles. The third kappa shape index (κ3) is 6.12. The van der Waals surface area contributed by atoms with Crippen LogP contribution in [0.5, 0.6) is 5.75 Å². The van der Waals surface area contributed by atoms with Crippen LogP contribution in [0.2, 0.25) is 0 Å². The highest BCUT2D eigenvalue weighted by Crippen LogP contribution is 2.16. The van der Waals surface area contributed by atoms with E-state index in [4.69, 9.17) is 14.0 Å². The Bertz CT molecular complexity index is 833. The van der Waals surface area contributed by atoms with Crippen LogP contribution in [-0.4, -0.2) is 47.0 Å². The number of carbonyl (C=O) groups excluding carboxylic acids is 3. The van der Waals surface area contributed by atoms with E-state index in [1.807, 2.05) is 0 Å². The van der Waals surface area contributed by atoms with Crippen molar-refractivity contribution >= 4 is 35.2 Å². The van der Waals surface area contributed by atoms with Crippen LogP contribution in [0.1, 0.15) is 30.0 Å². The number of methoxy groups -OCH3 is 1. The minimum Gasteiger partial charge on any atom is -0.497 e. The van der Waals surface area contributed by atoms with Crippen molar-refractivity contribution in [2.75, 3.05) is 18.2 Å². The number of Topliss-reactive ketones (excluding diaryl/α,β-unsaturated/α-hetero) is 1. The molecule has 0 fully saturated rings. The first kappa shape index (κ1) is 21.5. The number of hydrogen-bond acceptors (Lipinski definition) is 8. The normalized spacial score (nSPS) is 12.7. The van der Waals surface area contributed by atoms with Crippen LogP contribution in [0, 0.1) is 6.92 Å².